The Morgan fingerprint density at radius 2 is 1.81 bits per heavy atom. The number of halogens is 2. The van der Waals surface area contributed by atoms with Crippen LogP contribution in [-0.2, 0) is 4.79 Å². The largest absolute Gasteiger partial charge is 0.478 e. The molecule has 0 saturated heterocycles. The Morgan fingerprint density at radius 1 is 1.19 bits per heavy atom. The maximum atomic E-state index is 13.3. The number of nitrogen functional groups attached to an aromatic ring is 1. The first-order valence-electron chi connectivity index (χ1n) is 6.21. The van der Waals surface area contributed by atoms with E-state index in [1.807, 2.05) is 0 Å². The van der Waals surface area contributed by atoms with Crippen molar-refractivity contribution in [3.8, 4) is 5.75 Å². The lowest BCUT2D eigenvalue weighted by atomic mass is 10.1. The summed E-state index contributed by atoms with van der Waals surface area (Å²) in [5.41, 5.74) is 7.49. The van der Waals surface area contributed by atoms with Crippen LogP contribution in [0.5, 0.6) is 5.75 Å². The van der Waals surface area contributed by atoms with Crippen LogP contribution in [0.15, 0.2) is 36.4 Å². The fourth-order valence-electron chi connectivity index (χ4n) is 1.73. The summed E-state index contributed by atoms with van der Waals surface area (Å²) >= 11 is 0. The van der Waals surface area contributed by atoms with E-state index in [0.29, 0.717) is 16.9 Å². The van der Waals surface area contributed by atoms with Crippen molar-refractivity contribution in [3.63, 3.8) is 0 Å². The van der Waals surface area contributed by atoms with E-state index in [4.69, 9.17) is 10.5 Å². The first kappa shape index (κ1) is 14.8. The van der Waals surface area contributed by atoms with Crippen LogP contribution in [0, 0.1) is 18.6 Å². The Balaban J connectivity index is 2.01. The predicted molar refractivity (Wildman–Crippen MR) is 76.1 cm³/mol. The summed E-state index contributed by atoms with van der Waals surface area (Å²) in [7, 11) is 0. The standard InChI is InChI=1S/C15H14F2N2O2/c1-9-12(18)6-3-7-13(9)19-14(20)8-21-15-10(16)4-2-5-11(15)17/h2-7H,8,18H2,1H3,(H,19,20). The quantitative estimate of drug-likeness (QED) is 0.852. The Labute approximate surface area is 120 Å². The summed E-state index contributed by atoms with van der Waals surface area (Å²) in [6.45, 7) is 1.24. The average molecular weight is 292 g/mol. The van der Waals surface area contributed by atoms with Gasteiger partial charge in [0, 0.05) is 11.4 Å². The molecule has 0 bridgehead atoms. The molecular formula is C15H14F2N2O2. The normalized spacial score (nSPS) is 10.2. The molecule has 0 aromatic heterocycles. The number of ether oxygens (including phenoxy) is 1. The van der Waals surface area contributed by atoms with E-state index in [1.54, 1.807) is 25.1 Å². The Kier molecular flexibility index (Phi) is 4.37. The van der Waals surface area contributed by atoms with Crippen molar-refractivity contribution in [2.24, 2.45) is 0 Å². The molecule has 21 heavy (non-hydrogen) atoms. The summed E-state index contributed by atoms with van der Waals surface area (Å²) in [4.78, 5) is 11.8. The maximum absolute atomic E-state index is 13.3. The van der Waals surface area contributed by atoms with Gasteiger partial charge in [-0.3, -0.25) is 4.79 Å². The van der Waals surface area contributed by atoms with Gasteiger partial charge in [-0.1, -0.05) is 12.1 Å². The molecule has 0 unspecified atom stereocenters. The first-order valence-corrected chi connectivity index (χ1v) is 6.21. The third-order valence-corrected chi connectivity index (χ3v) is 2.92. The third kappa shape index (κ3) is 3.47. The molecule has 0 fully saturated rings. The van der Waals surface area contributed by atoms with Crippen molar-refractivity contribution in [1.29, 1.82) is 0 Å². The number of benzene rings is 2. The van der Waals surface area contributed by atoms with Crippen LogP contribution in [0.4, 0.5) is 20.2 Å². The zero-order chi connectivity index (χ0) is 15.4. The number of rotatable bonds is 4. The zero-order valence-corrected chi connectivity index (χ0v) is 11.3. The number of nitrogens with one attached hydrogen (secondary N) is 1. The summed E-state index contributed by atoms with van der Waals surface area (Å²) in [5, 5.41) is 2.57. The van der Waals surface area contributed by atoms with Crippen molar-refractivity contribution in [2.75, 3.05) is 17.7 Å². The molecule has 0 saturated carbocycles. The number of carbonyl (C=O) groups is 1. The highest BCUT2D eigenvalue weighted by atomic mass is 19.1. The molecule has 0 spiro atoms. The number of anilines is 2. The molecule has 0 atom stereocenters. The second-order valence-electron chi connectivity index (χ2n) is 4.41. The number of para-hydroxylation sites is 1. The molecule has 2 rings (SSSR count). The van der Waals surface area contributed by atoms with Gasteiger partial charge in [-0.25, -0.2) is 8.78 Å². The number of hydrogen-bond donors (Lipinski definition) is 2. The Hall–Kier alpha value is -2.63. The van der Waals surface area contributed by atoms with Gasteiger partial charge in [0.1, 0.15) is 0 Å². The van der Waals surface area contributed by atoms with Gasteiger partial charge < -0.3 is 15.8 Å². The fourth-order valence-corrected chi connectivity index (χ4v) is 1.73. The minimum atomic E-state index is -0.858. The third-order valence-electron chi connectivity index (χ3n) is 2.92. The Morgan fingerprint density at radius 3 is 2.48 bits per heavy atom. The molecule has 2 aromatic rings. The lowest BCUT2D eigenvalue weighted by Crippen LogP contribution is -2.21. The second-order valence-corrected chi connectivity index (χ2v) is 4.41. The van der Waals surface area contributed by atoms with Gasteiger partial charge in [0.25, 0.3) is 5.91 Å². The lowest BCUT2D eigenvalue weighted by Gasteiger charge is -2.11. The van der Waals surface area contributed by atoms with Gasteiger partial charge in [0.05, 0.1) is 0 Å². The summed E-state index contributed by atoms with van der Waals surface area (Å²) < 4.78 is 31.5. The van der Waals surface area contributed by atoms with Crippen LogP contribution in [0.2, 0.25) is 0 Å². The minimum Gasteiger partial charge on any atom is -0.478 e. The highest BCUT2D eigenvalue weighted by Crippen LogP contribution is 2.22. The van der Waals surface area contributed by atoms with Crippen LogP contribution < -0.4 is 15.8 Å². The minimum absolute atomic E-state index is 0.508. The van der Waals surface area contributed by atoms with Gasteiger partial charge in [-0.05, 0) is 36.8 Å². The molecule has 2 aromatic carbocycles. The molecule has 3 N–H and O–H groups in total. The molecule has 1 amide bonds. The molecule has 4 nitrogen and oxygen atoms in total. The first-order chi connectivity index (χ1) is 9.99. The Bertz CT molecular complexity index is 654. The van der Waals surface area contributed by atoms with E-state index >= 15 is 0 Å². The molecule has 0 aliphatic carbocycles. The van der Waals surface area contributed by atoms with Crippen molar-refractivity contribution in [2.45, 2.75) is 6.92 Å². The van der Waals surface area contributed by atoms with Crippen molar-refractivity contribution in [3.05, 3.63) is 53.6 Å². The second kappa shape index (κ2) is 6.21. The number of nitrogens with two attached hydrogens (primary N) is 1. The van der Waals surface area contributed by atoms with Gasteiger partial charge in [0.2, 0.25) is 0 Å². The number of amides is 1. The van der Waals surface area contributed by atoms with Gasteiger partial charge in [-0.15, -0.1) is 0 Å². The highest BCUT2D eigenvalue weighted by molar-refractivity contribution is 5.93. The highest BCUT2D eigenvalue weighted by Gasteiger charge is 2.12. The van der Waals surface area contributed by atoms with Gasteiger partial charge >= 0.3 is 0 Å². The average Bonchev–Trinajstić information content (AvgIpc) is 2.43. The van der Waals surface area contributed by atoms with Crippen molar-refractivity contribution in [1.82, 2.24) is 0 Å². The molecule has 0 aliphatic heterocycles. The lowest BCUT2D eigenvalue weighted by molar-refractivity contribution is -0.118. The van der Waals surface area contributed by atoms with E-state index in [1.165, 1.54) is 6.07 Å². The summed E-state index contributed by atoms with van der Waals surface area (Å²) in [6, 6.07) is 8.39. The summed E-state index contributed by atoms with van der Waals surface area (Å²) in [6.07, 6.45) is 0. The number of hydrogen-bond acceptors (Lipinski definition) is 3. The molecule has 0 radical (unpaired) electrons. The molecule has 0 aliphatic rings. The van der Waals surface area contributed by atoms with E-state index in [9.17, 15) is 13.6 Å². The van der Waals surface area contributed by atoms with Crippen LogP contribution in [0.3, 0.4) is 0 Å². The molecule has 110 valence electrons. The van der Waals surface area contributed by atoms with E-state index < -0.39 is 29.9 Å². The van der Waals surface area contributed by atoms with Gasteiger partial charge in [-0.2, -0.15) is 0 Å². The van der Waals surface area contributed by atoms with E-state index in [2.05, 4.69) is 5.32 Å². The number of carbonyl (C=O) groups excluding carboxylic acids is 1. The predicted octanol–water partition coefficient (Wildman–Crippen LogP) is 2.87. The fraction of sp³-hybridized carbons (Fsp3) is 0.133. The maximum Gasteiger partial charge on any atom is 0.262 e. The van der Waals surface area contributed by atoms with E-state index in [-0.39, 0.29) is 0 Å². The SMILES string of the molecule is Cc1c(N)cccc1NC(=O)COc1c(F)cccc1F. The van der Waals surface area contributed by atoms with Gasteiger partial charge in [0.15, 0.2) is 24.0 Å². The molecule has 6 heteroatoms. The summed E-state index contributed by atoms with van der Waals surface area (Å²) in [5.74, 6) is -2.82. The van der Waals surface area contributed by atoms with Crippen LogP contribution >= 0.6 is 0 Å². The van der Waals surface area contributed by atoms with Crippen molar-refractivity contribution < 1.29 is 18.3 Å². The molecule has 0 heterocycles. The van der Waals surface area contributed by atoms with Crippen LogP contribution in [-0.4, -0.2) is 12.5 Å². The monoisotopic (exact) mass is 292 g/mol. The van der Waals surface area contributed by atoms with Crippen LogP contribution in [0.25, 0.3) is 0 Å². The zero-order valence-electron chi connectivity index (χ0n) is 11.3. The smallest absolute Gasteiger partial charge is 0.262 e. The van der Waals surface area contributed by atoms with Crippen LogP contribution in [0.1, 0.15) is 5.56 Å². The van der Waals surface area contributed by atoms with Crippen molar-refractivity contribution >= 4 is 17.3 Å². The van der Waals surface area contributed by atoms with E-state index in [0.717, 1.165) is 12.1 Å². The topological polar surface area (TPSA) is 64.3 Å². The molecular weight excluding hydrogens is 278 g/mol.